The Hall–Kier alpha value is -3.82. The van der Waals surface area contributed by atoms with Crippen LogP contribution in [0.4, 0.5) is 23.0 Å². The van der Waals surface area contributed by atoms with Crippen LogP contribution < -0.4 is 10.2 Å². The Balaban J connectivity index is 2.22. The second kappa shape index (κ2) is 4.63. The smallest absolute Gasteiger partial charge is 0.170 e. The molecule has 0 amide bonds. The number of nitrogens with one attached hydrogen (secondary N) is 2. The number of nitriles is 4. The molecule has 3 rings (SSSR count). The number of nitrogens with zero attached hydrogens (tertiary/aromatic N) is 7. The summed E-state index contributed by atoms with van der Waals surface area (Å²) in [5.74, 6) is 0.935. The third-order valence-corrected chi connectivity index (χ3v) is 3.43. The summed E-state index contributed by atoms with van der Waals surface area (Å²) < 4.78 is 0. The second-order valence-corrected chi connectivity index (χ2v) is 4.61. The van der Waals surface area contributed by atoms with Gasteiger partial charge in [-0.3, -0.25) is 0 Å². The van der Waals surface area contributed by atoms with E-state index in [0.717, 1.165) is 0 Å². The summed E-state index contributed by atoms with van der Waals surface area (Å²) in [5, 5.41) is 39.3. The molecule has 9 heteroatoms. The largest absolute Gasteiger partial charge is 0.349 e. The molecule has 2 aliphatic heterocycles. The molecular formula is C13H7N9. The Kier molecular flexibility index (Phi) is 2.77. The van der Waals surface area contributed by atoms with Gasteiger partial charge in [0.25, 0.3) is 0 Å². The number of anilines is 2. The summed E-state index contributed by atoms with van der Waals surface area (Å²) >= 11 is 0. The van der Waals surface area contributed by atoms with Crippen molar-refractivity contribution in [1.29, 1.82) is 21.0 Å². The third-order valence-electron chi connectivity index (χ3n) is 3.43. The first-order valence-corrected chi connectivity index (χ1v) is 6.16. The first-order chi connectivity index (χ1) is 10.6. The minimum absolute atomic E-state index is 0.0237. The van der Waals surface area contributed by atoms with Crippen molar-refractivity contribution in [2.24, 2.45) is 9.98 Å². The predicted octanol–water partition coefficient (Wildman–Crippen LogP) is 0.867. The highest BCUT2D eigenvalue weighted by Crippen LogP contribution is 2.48. The van der Waals surface area contributed by atoms with Crippen LogP contribution in [-0.2, 0) is 0 Å². The average molecular weight is 289 g/mol. The standard InChI is InChI=1S/C13H7N9/c1-22-9(5-17)8(4-16)19-11-10-12(21-13(11)22)20-7(3-15)6(2-14)18-10/h7,9,20-21H,1H3. The molecular weight excluding hydrogens is 282 g/mol. The van der Waals surface area contributed by atoms with E-state index in [-0.39, 0.29) is 11.4 Å². The van der Waals surface area contributed by atoms with E-state index in [0.29, 0.717) is 23.0 Å². The van der Waals surface area contributed by atoms with Gasteiger partial charge in [0.05, 0.1) is 12.1 Å². The fraction of sp³-hybridized carbons (Fsp3) is 0.231. The van der Waals surface area contributed by atoms with E-state index >= 15 is 0 Å². The fourth-order valence-electron chi connectivity index (χ4n) is 2.35. The van der Waals surface area contributed by atoms with Crippen LogP contribution >= 0.6 is 0 Å². The molecule has 0 spiro atoms. The van der Waals surface area contributed by atoms with Gasteiger partial charge in [-0.05, 0) is 0 Å². The summed E-state index contributed by atoms with van der Waals surface area (Å²) in [7, 11) is 1.65. The molecule has 9 nitrogen and oxygen atoms in total. The van der Waals surface area contributed by atoms with Crippen molar-refractivity contribution in [3.63, 3.8) is 0 Å². The molecule has 0 radical (unpaired) electrons. The molecule has 0 aliphatic carbocycles. The quantitative estimate of drug-likeness (QED) is 0.722. The highest BCUT2D eigenvalue weighted by atomic mass is 15.3. The Morgan fingerprint density at radius 3 is 2.27 bits per heavy atom. The first kappa shape index (κ1) is 13.2. The molecule has 2 atom stereocenters. The molecule has 0 bridgehead atoms. The lowest BCUT2D eigenvalue weighted by molar-refractivity contribution is 0.908. The molecule has 104 valence electrons. The zero-order valence-corrected chi connectivity index (χ0v) is 11.3. The molecule has 2 unspecified atom stereocenters. The lowest BCUT2D eigenvalue weighted by atomic mass is 10.1. The van der Waals surface area contributed by atoms with Crippen molar-refractivity contribution in [2.45, 2.75) is 12.1 Å². The maximum atomic E-state index is 9.18. The van der Waals surface area contributed by atoms with Crippen LogP contribution in [0.15, 0.2) is 9.98 Å². The van der Waals surface area contributed by atoms with Gasteiger partial charge in [-0.15, -0.1) is 0 Å². The van der Waals surface area contributed by atoms with Gasteiger partial charge in [-0.25, -0.2) is 9.98 Å². The fourth-order valence-corrected chi connectivity index (χ4v) is 2.35. The zero-order chi connectivity index (χ0) is 15.9. The van der Waals surface area contributed by atoms with Crippen LogP contribution in [0.2, 0.25) is 0 Å². The average Bonchev–Trinajstić information content (AvgIpc) is 2.91. The van der Waals surface area contributed by atoms with Gasteiger partial charge in [-0.2, -0.15) is 21.0 Å². The number of aliphatic imine (C=N–C) groups is 2. The predicted molar refractivity (Wildman–Crippen MR) is 77.0 cm³/mol. The SMILES string of the molecule is CN1c2[nH]c3c(c2N=C(C#N)C1C#N)N=C(C#N)C(C#N)N3. The van der Waals surface area contributed by atoms with Crippen molar-refractivity contribution in [2.75, 3.05) is 17.3 Å². The van der Waals surface area contributed by atoms with E-state index in [4.69, 9.17) is 15.8 Å². The molecule has 2 N–H and O–H groups in total. The number of aromatic amines is 1. The van der Waals surface area contributed by atoms with Gasteiger partial charge >= 0.3 is 0 Å². The van der Waals surface area contributed by atoms with Crippen LogP contribution in [0.3, 0.4) is 0 Å². The number of fused-ring (bicyclic) bond motifs is 3. The molecule has 2 aliphatic rings. The lowest BCUT2D eigenvalue weighted by Crippen LogP contribution is -2.39. The minimum Gasteiger partial charge on any atom is -0.349 e. The summed E-state index contributed by atoms with van der Waals surface area (Å²) in [6.45, 7) is 0. The van der Waals surface area contributed by atoms with Crippen molar-refractivity contribution in [1.82, 2.24) is 4.98 Å². The molecule has 0 aromatic carbocycles. The van der Waals surface area contributed by atoms with Gasteiger partial charge in [0.15, 0.2) is 23.5 Å². The van der Waals surface area contributed by atoms with Gasteiger partial charge in [0, 0.05) is 7.05 Å². The summed E-state index contributed by atoms with van der Waals surface area (Å²) in [4.78, 5) is 12.9. The first-order valence-electron chi connectivity index (χ1n) is 6.16. The Morgan fingerprint density at radius 2 is 1.68 bits per heavy atom. The highest BCUT2D eigenvalue weighted by molar-refractivity contribution is 6.15. The van der Waals surface area contributed by atoms with Gasteiger partial charge < -0.3 is 15.2 Å². The number of aromatic nitrogens is 1. The van der Waals surface area contributed by atoms with E-state index in [1.165, 1.54) is 0 Å². The molecule has 1 aromatic heterocycles. The van der Waals surface area contributed by atoms with Crippen molar-refractivity contribution in [3.05, 3.63) is 0 Å². The summed E-state index contributed by atoms with van der Waals surface area (Å²) in [6, 6.07) is 6.07. The van der Waals surface area contributed by atoms with Crippen molar-refractivity contribution >= 4 is 34.4 Å². The zero-order valence-electron chi connectivity index (χ0n) is 11.3. The van der Waals surface area contributed by atoms with E-state index in [2.05, 4.69) is 20.3 Å². The normalized spacial score (nSPS) is 21.6. The maximum Gasteiger partial charge on any atom is 0.170 e. The highest BCUT2D eigenvalue weighted by Gasteiger charge is 2.35. The number of hydrogen-bond donors (Lipinski definition) is 2. The molecule has 0 saturated carbocycles. The number of H-pyrrole nitrogens is 1. The van der Waals surface area contributed by atoms with Gasteiger partial charge in [0.1, 0.15) is 35.1 Å². The van der Waals surface area contributed by atoms with Crippen LogP contribution in [0.25, 0.3) is 0 Å². The van der Waals surface area contributed by atoms with Crippen LogP contribution in [0, 0.1) is 45.3 Å². The Morgan fingerprint density at radius 1 is 1.00 bits per heavy atom. The van der Waals surface area contributed by atoms with Gasteiger partial charge in [0.2, 0.25) is 0 Å². The number of rotatable bonds is 0. The lowest BCUT2D eigenvalue weighted by Gasteiger charge is -2.26. The summed E-state index contributed by atoms with van der Waals surface area (Å²) in [6.07, 6.45) is 0. The van der Waals surface area contributed by atoms with Crippen molar-refractivity contribution < 1.29 is 0 Å². The monoisotopic (exact) mass is 289 g/mol. The van der Waals surface area contributed by atoms with Crippen LogP contribution in [-0.4, -0.2) is 35.5 Å². The van der Waals surface area contributed by atoms with Gasteiger partial charge in [-0.1, -0.05) is 0 Å². The van der Waals surface area contributed by atoms with Crippen molar-refractivity contribution in [3.8, 4) is 24.3 Å². The topological polar surface area (TPSA) is 151 Å². The molecule has 0 saturated heterocycles. The molecule has 1 aromatic rings. The Labute approximate surface area is 125 Å². The van der Waals surface area contributed by atoms with E-state index in [1.54, 1.807) is 11.9 Å². The van der Waals surface area contributed by atoms with Crippen LogP contribution in [0.5, 0.6) is 0 Å². The minimum atomic E-state index is -0.853. The Bertz CT molecular complexity index is 890. The maximum absolute atomic E-state index is 9.18. The third kappa shape index (κ3) is 1.61. The number of hydrogen-bond acceptors (Lipinski definition) is 8. The van der Waals surface area contributed by atoms with E-state index in [1.807, 2.05) is 24.3 Å². The van der Waals surface area contributed by atoms with Crippen LogP contribution in [0.1, 0.15) is 0 Å². The second-order valence-electron chi connectivity index (χ2n) is 4.61. The molecule has 22 heavy (non-hydrogen) atoms. The van der Waals surface area contributed by atoms with E-state index < -0.39 is 12.1 Å². The van der Waals surface area contributed by atoms with E-state index in [9.17, 15) is 5.26 Å². The summed E-state index contributed by atoms with van der Waals surface area (Å²) in [5.41, 5.74) is 0.803. The molecule has 3 heterocycles. The molecule has 0 fully saturated rings.